The van der Waals surface area contributed by atoms with Crippen LogP contribution in [0.4, 0.5) is 5.82 Å². The van der Waals surface area contributed by atoms with E-state index in [1.54, 1.807) is 56.4 Å². The Labute approximate surface area is 267 Å². The summed E-state index contributed by atoms with van der Waals surface area (Å²) in [6.07, 6.45) is 2.46. The van der Waals surface area contributed by atoms with Crippen LogP contribution in [-0.2, 0) is 19.6 Å². The van der Waals surface area contributed by atoms with E-state index < -0.39 is 27.6 Å². The van der Waals surface area contributed by atoms with Gasteiger partial charge in [-0.05, 0) is 74.6 Å². The van der Waals surface area contributed by atoms with Crippen LogP contribution in [0.1, 0.15) is 41.0 Å². The standard InChI is InChI=1S/C34H36N6O5S/c1-22-18-23(2)32(24(3)19-22)46(44,45)40-34(33(42)43,37-21-41)28(12-9-17-36-30-13-7-8-16-35-30)26-14-15-29-27(20-26)31(39-38-29)25-10-5-4-6-11-25/h4-8,10-11,13-16,18-21,28,40H,9,12,17H2,1-3H3,(H,35,36)(H,37,41)(H,38,39)(H,42,43)/t28?,34-/m0/s1. The molecule has 3 aromatic carbocycles. The molecule has 12 heteroatoms. The second-order valence-corrected chi connectivity index (χ2v) is 12.9. The Morgan fingerprint density at radius 1 is 1.00 bits per heavy atom. The molecule has 1 unspecified atom stereocenters. The number of aromatic nitrogens is 3. The van der Waals surface area contributed by atoms with E-state index in [2.05, 4.69) is 30.5 Å². The molecule has 5 rings (SSSR count). The Morgan fingerprint density at radius 2 is 1.72 bits per heavy atom. The molecule has 0 saturated heterocycles. The fourth-order valence-electron chi connectivity index (χ4n) is 6.09. The number of carbonyl (C=O) groups is 2. The zero-order chi connectivity index (χ0) is 32.9. The molecule has 5 N–H and O–H groups in total. The number of aromatic amines is 1. The van der Waals surface area contributed by atoms with Gasteiger partial charge in [0.15, 0.2) is 0 Å². The molecular weight excluding hydrogens is 604 g/mol. The van der Waals surface area contributed by atoms with Crippen molar-refractivity contribution < 1.29 is 23.1 Å². The summed E-state index contributed by atoms with van der Waals surface area (Å²) in [5.74, 6) is -1.96. The highest BCUT2D eigenvalue weighted by molar-refractivity contribution is 7.89. The van der Waals surface area contributed by atoms with Crippen LogP contribution in [-0.4, -0.2) is 53.3 Å². The van der Waals surface area contributed by atoms with Gasteiger partial charge in [0.05, 0.1) is 16.1 Å². The topological polar surface area (TPSA) is 166 Å². The minimum absolute atomic E-state index is 0.0383. The van der Waals surface area contributed by atoms with Gasteiger partial charge in [-0.15, -0.1) is 0 Å². The molecule has 46 heavy (non-hydrogen) atoms. The van der Waals surface area contributed by atoms with Gasteiger partial charge in [-0.2, -0.15) is 9.82 Å². The lowest BCUT2D eigenvalue weighted by molar-refractivity contribution is -0.148. The van der Waals surface area contributed by atoms with Crippen LogP contribution in [0.15, 0.2) is 90.0 Å². The number of sulfonamides is 1. The number of aryl methyl sites for hydroxylation is 3. The second-order valence-electron chi connectivity index (χ2n) is 11.3. The van der Waals surface area contributed by atoms with Gasteiger partial charge in [0.25, 0.3) is 0 Å². The van der Waals surface area contributed by atoms with Crippen molar-refractivity contribution >= 4 is 39.1 Å². The van der Waals surface area contributed by atoms with Crippen LogP contribution >= 0.6 is 0 Å². The SMILES string of the molecule is Cc1cc(C)c(S(=O)(=O)N[C@](NC=O)(C(=O)O)C(CCCNc2ccccn2)c2ccc3[nH]nc(-c4ccccc4)c3c2)c(C)c1. The van der Waals surface area contributed by atoms with Crippen molar-refractivity contribution in [1.82, 2.24) is 25.2 Å². The summed E-state index contributed by atoms with van der Waals surface area (Å²) in [5, 5.41) is 24.7. The predicted molar refractivity (Wildman–Crippen MR) is 177 cm³/mol. The lowest BCUT2D eigenvalue weighted by Gasteiger charge is -2.38. The van der Waals surface area contributed by atoms with Crippen LogP contribution in [0.2, 0.25) is 0 Å². The van der Waals surface area contributed by atoms with Crippen LogP contribution in [0, 0.1) is 20.8 Å². The molecule has 238 valence electrons. The Kier molecular flexibility index (Phi) is 9.49. The van der Waals surface area contributed by atoms with Crippen molar-refractivity contribution in [3.05, 3.63) is 107 Å². The van der Waals surface area contributed by atoms with Gasteiger partial charge in [-0.1, -0.05) is 60.2 Å². The summed E-state index contributed by atoms with van der Waals surface area (Å²) in [6, 6.07) is 23.7. The first-order valence-corrected chi connectivity index (χ1v) is 16.3. The maximum atomic E-state index is 14.1. The lowest BCUT2D eigenvalue weighted by Crippen LogP contribution is -2.67. The Bertz CT molecular complexity index is 1940. The first kappa shape index (κ1) is 32.3. The first-order chi connectivity index (χ1) is 22.1. The fourth-order valence-corrected chi connectivity index (χ4v) is 7.87. The molecule has 0 saturated carbocycles. The van der Waals surface area contributed by atoms with Gasteiger partial charge < -0.3 is 15.7 Å². The Hall–Kier alpha value is -5.07. The highest BCUT2D eigenvalue weighted by Gasteiger charge is 2.50. The van der Waals surface area contributed by atoms with E-state index >= 15 is 0 Å². The van der Waals surface area contributed by atoms with Crippen molar-refractivity contribution in [3.63, 3.8) is 0 Å². The highest BCUT2D eigenvalue weighted by Crippen LogP contribution is 2.37. The van der Waals surface area contributed by atoms with Gasteiger partial charge in [0.1, 0.15) is 5.82 Å². The summed E-state index contributed by atoms with van der Waals surface area (Å²) in [5.41, 5.74) is 2.06. The van der Waals surface area contributed by atoms with Crippen LogP contribution in [0.25, 0.3) is 22.2 Å². The van der Waals surface area contributed by atoms with Gasteiger partial charge in [0, 0.05) is 29.6 Å². The number of nitrogens with zero attached hydrogens (tertiary/aromatic N) is 2. The first-order valence-electron chi connectivity index (χ1n) is 14.8. The van der Waals surface area contributed by atoms with E-state index in [1.165, 1.54) is 0 Å². The summed E-state index contributed by atoms with van der Waals surface area (Å²) < 4.78 is 30.6. The molecule has 11 nitrogen and oxygen atoms in total. The predicted octanol–water partition coefficient (Wildman–Crippen LogP) is 5.03. The van der Waals surface area contributed by atoms with Gasteiger partial charge in [-0.25, -0.2) is 18.2 Å². The van der Waals surface area contributed by atoms with Crippen molar-refractivity contribution in [2.24, 2.45) is 0 Å². The maximum absolute atomic E-state index is 14.1. The smallest absolute Gasteiger partial charge is 0.346 e. The summed E-state index contributed by atoms with van der Waals surface area (Å²) >= 11 is 0. The average molecular weight is 641 g/mol. The molecule has 0 aliphatic carbocycles. The van der Waals surface area contributed by atoms with Gasteiger partial charge in [-0.3, -0.25) is 9.89 Å². The number of hydrogen-bond donors (Lipinski definition) is 5. The van der Waals surface area contributed by atoms with Gasteiger partial charge >= 0.3 is 5.97 Å². The number of benzene rings is 3. The minimum atomic E-state index is -4.47. The number of H-pyrrole nitrogens is 1. The molecule has 0 radical (unpaired) electrons. The second kappa shape index (κ2) is 13.5. The number of pyridine rings is 1. The largest absolute Gasteiger partial charge is 0.478 e. The van der Waals surface area contributed by atoms with Crippen molar-refractivity contribution in [1.29, 1.82) is 0 Å². The molecule has 1 amide bonds. The molecule has 2 atom stereocenters. The number of amides is 1. The molecule has 0 aliphatic rings. The Morgan fingerprint density at radius 3 is 2.37 bits per heavy atom. The molecule has 5 aromatic rings. The number of fused-ring (bicyclic) bond motifs is 1. The van der Waals surface area contributed by atoms with E-state index in [-0.39, 0.29) is 17.7 Å². The lowest BCUT2D eigenvalue weighted by atomic mass is 9.82. The van der Waals surface area contributed by atoms with E-state index in [9.17, 15) is 23.1 Å². The number of nitrogens with one attached hydrogen (secondary N) is 4. The van der Waals surface area contributed by atoms with Crippen molar-refractivity contribution in [2.45, 2.75) is 50.1 Å². The third-order valence-electron chi connectivity index (χ3n) is 7.99. The molecule has 2 aromatic heterocycles. The summed E-state index contributed by atoms with van der Waals surface area (Å²) in [4.78, 5) is 29.7. The average Bonchev–Trinajstić information content (AvgIpc) is 3.44. The van der Waals surface area contributed by atoms with E-state index in [0.717, 1.165) is 16.5 Å². The molecular formula is C34H36N6O5S. The molecule has 0 aliphatic heterocycles. The number of anilines is 1. The number of carbonyl (C=O) groups excluding carboxylic acids is 1. The van der Waals surface area contributed by atoms with Crippen LogP contribution < -0.4 is 15.4 Å². The highest BCUT2D eigenvalue weighted by atomic mass is 32.2. The number of aliphatic carboxylic acids is 1. The minimum Gasteiger partial charge on any atom is -0.478 e. The summed E-state index contributed by atoms with van der Waals surface area (Å²) in [6.45, 7) is 5.58. The third kappa shape index (κ3) is 6.63. The molecule has 0 spiro atoms. The number of carboxylic acid groups (broad SMARTS) is 1. The third-order valence-corrected chi connectivity index (χ3v) is 9.76. The monoisotopic (exact) mass is 640 g/mol. The van der Waals surface area contributed by atoms with Crippen molar-refractivity contribution in [3.8, 4) is 11.3 Å². The number of hydrogen-bond acceptors (Lipinski definition) is 7. The van der Waals surface area contributed by atoms with E-state index in [1.807, 2.05) is 49.4 Å². The van der Waals surface area contributed by atoms with Gasteiger partial charge in [0.2, 0.25) is 22.1 Å². The zero-order valence-corrected chi connectivity index (χ0v) is 26.6. The molecule has 0 bridgehead atoms. The fraction of sp³-hybridized carbons (Fsp3) is 0.235. The van der Waals surface area contributed by atoms with Crippen LogP contribution in [0.5, 0.6) is 0 Å². The van der Waals surface area contributed by atoms with Crippen molar-refractivity contribution in [2.75, 3.05) is 11.9 Å². The normalized spacial score (nSPS) is 13.5. The maximum Gasteiger partial charge on any atom is 0.346 e. The zero-order valence-electron chi connectivity index (χ0n) is 25.7. The summed E-state index contributed by atoms with van der Waals surface area (Å²) in [7, 11) is -4.47. The van der Waals surface area contributed by atoms with Crippen LogP contribution in [0.3, 0.4) is 0 Å². The van der Waals surface area contributed by atoms with E-state index in [0.29, 0.717) is 46.7 Å². The number of carboxylic acids is 1. The Balaban J connectivity index is 1.62. The quantitative estimate of drug-likeness (QED) is 0.0640. The molecule has 0 fully saturated rings. The molecule has 2 heterocycles. The van der Waals surface area contributed by atoms with E-state index in [4.69, 9.17) is 0 Å². The number of rotatable bonds is 14.